The molecular weight excluding hydrogens is 210 g/mol. The van der Waals surface area contributed by atoms with Crippen molar-refractivity contribution < 1.29 is 0 Å². The van der Waals surface area contributed by atoms with Gasteiger partial charge in [-0.3, -0.25) is 0 Å². The predicted octanol–water partition coefficient (Wildman–Crippen LogP) is 4.30. The van der Waals surface area contributed by atoms with E-state index in [9.17, 15) is 0 Å². The van der Waals surface area contributed by atoms with Gasteiger partial charge in [-0.1, -0.05) is 24.3 Å². The fourth-order valence-corrected chi connectivity index (χ4v) is 1.53. The summed E-state index contributed by atoms with van der Waals surface area (Å²) >= 11 is 0. The number of benzene rings is 2. The van der Waals surface area contributed by atoms with E-state index >= 15 is 0 Å². The number of rotatable bonds is 2. The largest absolute Gasteiger partial charge is 0.397 e. The molecule has 0 radical (unpaired) electrons. The highest BCUT2D eigenvalue weighted by Crippen LogP contribution is 2.26. The lowest BCUT2D eigenvalue weighted by molar-refractivity contribution is 1.19. The van der Waals surface area contributed by atoms with Gasteiger partial charge in [0, 0.05) is 0 Å². The highest BCUT2D eigenvalue weighted by Gasteiger charge is 1.99. The molecule has 2 rings (SSSR count). The molecule has 3 nitrogen and oxygen atoms in total. The van der Waals surface area contributed by atoms with Gasteiger partial charge in [-0.25, -0.2) is 0 Å². The van der Waals surface area contributed by atoms with Crippen molar-refractivity contribution in [2.45, 2.75) is 13.8 Å². The minimum atomic E-state index is 0.640. The average Bonchev–Trinajstić information content (AvgIpc) is 2.33. The summed E-state index contributed by atoms with van der Waals surface area (Å²) in [6.07, 6.45) is 0. The van der Waals surface area contributed by atoms with E-state index in [-0.39, 0.29) is 0 Å². The number of nitrogens with zero attached hydrogens (tertiary/aromatic N) is 2. The molecule has 86 valence electrons. The second-order valence-electron chi connectivity index (χ2n) is 3.98. The van der Waals surface area contributed by atoms with Crippen molar-refractivity contribution in [2.75, 3.05) is 5.73 Å². The fourth-order valence-electron chi connectivity index (χ4n) is 1.53. The van der Waals surface area contributed by atoms with Crippen LogP contribution in [-0.2, 0) is 0 Å². The Balaban J connectivity index is 2.33. The van der Waals surface area contributed by atoms with Crippen LogP contribution in [-0.4, -0.2) is 0 Å². The number of nitrogens with two attached hydrogens (primary N) is 1. The summed E-state index contributed by atoms with van der Waals surface area (Å²) in [5.74, 6) is 0. The Morgan fingerprint density at radius 2 is 1.47 bits per heavy atom. The first kappa shape index (κ1) is 11.3. The number of anilines is 1. The smallest absolute Gasteiger partial charge is 0.109 e. The van der Waals surface area contributed by atoms with Crippen molar-refractivity contribution in [3.8, 4) is 0 Å². The van der Waals surface area contributed by atoms with Gasteiger partial charge >= 0.3 is 0 Å². The van der Waals surface area contributed by atoms with Crippen LogP contribution in [0.5, 0.6) is 0 Å². The van der Waals surface area contributed by atoms with Crippen LogP contribution in [0.3, 0.4) is 0 Å². The Bertz CT molecular complexity index is 559. The van der Waals surface area contributed by atoms with Crippen LogP contribution < -0.4 is 5.73 Å². The molecule has 0 aliphatic carbocycles. The van der Waals surface area contributed by atoms with Crippen molar-refractivity contribution in [3.63, 3.8) is 0 Å². The van der Waals surface area contributed by atoms with E-state index in [1.807, 2.05) is 43.3 Å². The molecule has 0 bridgehead atoms. The molecule has 0 fully saturated rings. The number of para-hydroxylation sites is 1. The van der Waals surface area contributed by atoms with Crippen LogP contribution in [0.1, 0.15) is 11.1 Å². The van der Waals surface area contributed by atoms with Gasteiger partial charge in [0.05, 0.1) is 11.4 Å². The molecule has 17 heavy (non-hydrogen) atoms. The van der Waals surface area contributed by atoms with Gasteiger partial charge in [0.15, 0.2) is 0 Å². The molecule has 0 saturated heterocycles. The van der Waals surface area contributed by atoms with Crippen LogP contribution in [0.2, 0.25) is 0 Å². The standard InChI is InChI=1S/C14H15N3/c1-10-6-5-9-13(11(10)2)16-17-14-8-4-3-7-12(14)15/h3-9H,15H2,1-2H3. The molecule has 2 N–H and O–H groups in total. The van der Waals surface area contributed by atoms with Crippen LogP contribution in [0.4, 0.5) is 17.1 Å². The van der Waals surface area contributed by atoms with E-state index in [1.165, 1.54) is 5.56 Å². The van der Waals surface area contributed by atoms with Crippen molar-refractivity contribution in [2.24, 2.45) is 10.2 Å². The fraction of sp³-hybridized carbons (Fsp3) is 0.143. The van der Waals surface area contributed by atoms with Gasteiger partial charge < -0.3 is 5.73 Å². The zero-order chi connectivity index (χ0) is 12.3. The van der Waals surface area contributed by atoms with Crippen molar-refractivity contribution >= 4 is 17.1 Å². The van der Waals surface area contributed by atoms with E-state index in [4.69, 9.17) is 5.73 Å². The molecule has 0 heterocycles. The molecule has 2 aromatic rings. The molecule has 0 atom stereocenters. The Hall–Kier alpha value is -2.16. The van der Waals surface area contributed by atoms with E-state index in [0.29, 0.717) is 11.4 Å². The second-order valence-corrected chi connectivity index (χ2v) is 3.98. The van der Waals surface area contributed by atoms with Crippen molar-refractivity contribution in [3.05, 3.63) is 53.6 Å². The third kappa shape index (κ3) is 2.50. The lowest BCUT2D eigenvalue weighted by Gasteiger charge is -2.02. The summed E-state index contributed by atoms with van der Waals surface area (Å²) in [5, 5.41) is 8.42. The van der Waals surface area contributed by atoms with Gasteiger partial charge in [-0.05, 0) is 43.2 Å². The Labute approximate surface area is 101 Å². The molecule has 0 aliphatic heterocycles. The first-order chi connectivity index (χ1) is 8.18. The summed E-state index contributed by atoms with van der Waals surface area (Å²) in [6, 6.07) is 13.4. The first-order valence-electron chi connectivity index (χ1n) is 5.51. The molecular formula is C14H15N3. The summed E-state index contributed by atoms with van der Waals surface area (Å²) in [7, 11) is 0. The summed E-state index contributed by atoms with van der Waals surface area (Å²) < 4.78 is 0. The Morgan fingerprint density at radius 1 is 0.824 bits per heavy atom. The zero-order valence-corrected chi connectivity index (χ0v) is 10.0. The van der Waals surface area contributed by atoms with Crippen molar-refractivity contribution in [1.82, 2.24) is 0 Å². The number of azo groups is 1. The van der Waals surface area contributed by atoms with Gasteiger partial charge in [0.25, 0.3) is 0 Å². The Kier molecular flexibility index (Phi) is 3.19. The van der Waals surface area contributed by atoms with Gasteiger partial charge in [0.2, 0.25) is 0 Å². The summed E-state index contributed by atoms with van der Waals surface area (Å²) in [4.78, 5) is 0. The van der Waals surface area contributed by atoms with Crippen molar-refractivity contribution in [1.29, 1.82) is 0 Å². The maximum atomic E-state index is 5.80. The molecule has 2 aromatic carbocycles. The predicted molar refractivity (Wildman–Crippen MR) is 70.9 cm³/mol. The zero-order valence-electron chi connectivity index (χ0n) is 10.0. The molecule has 0 saturated carbocycles. The minimum Gasteiger partial charge on any atom is -0.397 e. The van der Waals surface area contributed by atoms with E-state index < -0.39 is 0 Å². The summed E-state index contributed by atoms with van der Waals surface area (Å²) in [6.45, 7) is 4.10. The Morgan fingerprint density at radius 3 is 2.24 bits per heavy atom. The number of hydrogen-bond acceptors (Lipinski definition) is 3. The van der Waals surface area contributed by atoms with Gasteiger partial charge in [0.1, 0.15) is 5.69 Å². The molecule has 0 aromatic heterocycles. The maximum Gasteiger partial charge on any atom is 0.109 e. The van der Waals surface area contributed by atoms with Crippen LogP contribution in [0.15, 0.2) is 52.7 Å². The van der Waals surface area contributed by atoms with Crippen LogP contribution in [0, 0.1) is 13.8 Å². The number of aryl methyl sites for hydroxylation is 1. The molecule has 0 spiro atoms. The molecule has 0 amide bonds. The van der Waals surface area contributed by atoms with E-state index in [1.54, 1.807) is 0 Å². The average molecular weight is 225 g/mol. The number of nitrogen functional groups attached to an aromatic ring is 1. The van der Waals surface area contributed by atoms with E-state index in [2.05, 4.69) is 23.2 Å². The summed E-state index contributed by atoms with van der Waals surface area (Å²) in [5.41, 5.74) is 10.4. The number of hydrogen-bond donors (Lipinski definition) is 1. The maximum absolute atomic E-state index is 5.80. The monoisotopic (exact) mass is 225 g/mol. The normalized spacial score (nSPS) is 10.9. The highest BCUT2D eigenvalue weighted by atomic mass is 15.1. The molecule has 0 aliphatic rings. The van der Waals surface area contributed by atoms with Gasteiger partial charge in [-0.2, -0.15) is 5.11 Å². The topological polar surface area (TPSA) is 50.7 Å². The second kappa shape index (κ2) is 4.78. The lowest BCUT2D eigenvalue weighted by Crippen LogP contribution is -1.83. The minimum absolute atomic E-state index is 0.640. The first-order valence-corrected chi connectivity index (χ1v) is 5.51. The quantitative estimate of drug-likeness (QED) is 0.601. The van der Waals surface area contributed by atoms with Gasteiger partial charge in [-0.15, -0.1) is 5.11 Å². The third-order valence-corrected chi connectivity index (χ3v) is 2.78. The molecule has 0 unspecified atom stereocenters. The highest BCUT2D eigenvalue weighted by molar-refractivity contribution is 5.61. The lowest BCUT2D eigenvalue weighted by atomic mass is 10.1. The van der Waals surface area contributed by atoms with E-state index in [0.717, 1.165) is 11.3 Å². The van der Waals surface area contributed by atoms with Crippen LogP contribution in [0.25, 0.3) is 0 Å². The van der Waals surface area contributed by atoms with Crippen LogP contribution >= 0.6 is 0 Å². The SMILES string of the molecule is Cc1cccc(N=Nc2ccccc2N)c1C. The molecule has 3 heteroatoms. The third-order valence-electron chi connectivity index (χ3n) is 2.78.